The minimum Gasteiger partial charge on any atom is -0.493 e. The van der Waals surface area contributed by atoms with E-state index in [0.29, 0.717) is 18.4 Å². The first-order valence-electron chi connectivity index (χ1n) is 5.26. The zero-order valence-corrected chi connectivity index (χ0v) is 9.54. The van der Waals surface area contributed by atoms with Crippen LogP contribution in [0.3, 0.4) is 0 Å². The number of halogens is 3. The van der Waals surface area contributed by atoms with Gasteiger partial charge in [-0.1, -0.05) is 6.07 Å². The third-order valence-electron chi connectivity index (χ3n) is 2.91. The summed E-state index contributed by atoms with van der Waals surface area (Å²) in [6.45, 7) is 0. The molecular weight excluding hydrogens is 247 g/mol. The number of methoxy groups -OCH3 is 1. The maximum Gasteiger partial charge on any atom is 0.573 e. The normalized spacial score (nSPS) is 16.8. The summed E-state index contributed by atoms with van der Waals surface area (Å²) in [6, 6.07) is 6.32. The average Bonchev–Trinajstić information content (AvgIpc) is 3.07. The highest BCUT2D eigenvalue weighted by atomic mass is 19.4. The number of hydrogen-bond donors (Lipinski definition) is 0. The van der Waals surface area contributed by atoms with Crippen LogP contribution in [0.5, 0.6) is 11.5 Å². The molecule has 3 nitrogen and oxygen atoms in total. The van der Waals surface area contributed by atoms with Crippen LogP contribution in [0.2, 0.25) is 0 Å². The van der Waals surface area contributed by atoms with Gasteiger partial charge in [-0.2, -0.15) is 5.26 Å². The van der Waals surface area contributed by atoms with Gasteiger partial charge >= 0.3 is 6.36 Å². The Morgan fingerprint density at radius 1 is 1.28 bits per heavy atom. The van der Waals surface area contributed by atoms with Crippen molar-refractivity contribution in [3.8, 4) is 17.6 Å². The lowest BCUT2D eigenvalue weighted by atomic mass is 9.97. The predicted octanol–water partition coefficient (Wildman–Crippen LogP) is 3.15. The van der Waals surface area contributed by atoms with E-state index in [1.165, 1.54) is 19.2 Å². The number of hydrogen-bond acceptors (Lipinski definition) is 3. The molecule has 0 bridgehead atoms. The van der Waals surface area contributed by atoms with Gasteiger partial charge in [0, 0.05) is 0 Å². The highest BCUT2D eigenvalue weighted by molar-refractivity contribution is 5.49. The maximum absolute atomic E-state index is 12.2. The van der Waals surface area contributed by atoms with Gasteiger partial charge in [0.05, 0.1) is 18.6 Å². The van der Waals surface area contributed by atoms with Gasteiger partial charge in [0.15, 0.2) is 11.5 Å². The molecule has 0 saturated heterocycles. The molecule has 1 fully saturated rings. The second-order valence-electron chi connectivity index (χ2n) is 4.11. The molecule has 0 amide bonds. The van der Waals surface area contributed by atoms with E-state index in [4.69, 9.17) is 10.00 Å². The molecule has 2 rings (SSSR count). The number of nitrogens with zero attached hydrogens (tertiary/aromatic N) is 1. The van der Waals surface area contributed by atoms with Crippen LogP contribution in [0.1, 0.15) is 18.4 Å². The van der Waals surface area contributed by atoms with Crippen molar-refractivity contribution in [2.45, 2.75) is 24.6 Å². The van der Waals surface area contributed by atoms with Crippen LogP contribution in [-0.2, 0) is 5.41 Å². The van der Waals surface area contributed by atoms with Crippen molar-refractivity contribution in [3.05, 3.63) is 23.8 Å². The Kier molecular flexibility index (Phi) is 2.85. The summed E-state index contributed by atoms with van der Waals surface area (Å²) in [7, 11) is 1.26. The summed E-state index contributed by atoms with van der Waals surface area (Å²) >= 11 is 0. The fourth-order valence-corrected chi connectivity index (χ4v) is 1.77. The number of benzene rings is 1. The Balaban J connectivity index is 2.37. The highest BCUT2D eigenvalue weighted by Crippen LogP contribution is 2.49. The Hall–Kier alpha value is -1.90. The standard InChI is InChI=1S/C12H10F3NO2/c1-17-9-3-2-8(11(7-16)4-5-11)6-10(9)18-12(13,14)15/h2-3,6H,4-5H2,1H3. The third-order valence-corrected chi connectivity index (χ3v) is 2.91. The van der Waals surface area contributed by atoms with Gasteiger partial charge in [0.1, 0.15) is 0 Å². The zero-order valence-electron chi connectivity index (χ0n) is 9.54. The summed E-state index contributed by atoms with van der Waals surface area (Å²) in [5, 5.41) is 9.02. The van der Waals surface area contributed by atoms with Crippen molar-refractivity contribution >= 4 is 0 Å². The van der Waals surface area contributed by atoms with E-state index in [9.17, 15) is 13.2 Å². The molecule has 96 valence electrons. The zero-order chi connectivity index (χ0) is 13.4. The quantitative estimate of drug-likeness (QED) is 0.835. The Bertz CT molecular complexity index is 501. The predicted molar refractivity (Wildman–Crippen MR) is 56.2 cm³/mol. The van der Waals surface area contributed by atoms with Gasteiger partial charge in [-0.3, -0.25) is 0 Å². The topological polar surface area (TPSA) is 42.2 Å². The molecule has 0 N–H and O–H groups in total. The fourth-order valence-electron chi connectivity index (χ4n) is 1.77. The number of nitriles is 1. The summed E-state index contributed by atoms with van der Waals surface area (Å²) < 4.78 is 45.4. The molecule has 0 spiro atoms. The second kappa shape index (κ2) is 4.09. The summed E-state index contributed by atoms with van der Waals surface area (Å²) in [6.07, 6.45) is -3.47. The van der Waals surface area contributed by atoms with E-state index < -0.39 is 17.5 Å². The van der Waals surface area contributed by atoms with Gasteiger partial charge < -0.3 is 9.47 Å². The summed E-state index contributed by atoms with van der Waals surface area (Å²) in [4.78, 5) is 0. The van der Waals surface area contributed by atoms with E-state index in [2.05, 4.69) is 10.8 Å². The van der Waals surface area contributed by atoms with Crippen LogP contribution in [-0.4, -0.2) is 13.5 Å². The first kappa shape index (κ1) is 12.6. The van der Waals surface area contributed by atoms with Gasteiger partial charge in [-0.05, 0) is 30.5 Å². The highest BCUT2D eigenvalue weighted by Gasteiger charge is 2.45. The smallest absolute Gasteiger partial charge is 0.493 e. The van der Waals surface area contributed by atoms with Crippen molar-refractivity contribution in [2.24, 2.45) is 0 Å². The Morgan fingerprint density at radius 3 is 2.39 bits per heavy atom. The van der Waals surface area contributed by atoms with E-state index in [0.717, 1.165) is 0 Å². The average molecular weight is 257 g/mol. The van der Waals surface area contributed by atoms with Crippen molar-refractivity contribution in [3.63, 3.8) is 0 Å². The molecule has 1 aromatic carbocycles. The van der Waals surface area contributed by atoms with Crippen LogP contribution >= 0.6 is 0 Å². The van der Waals surface area contributed by atoms with Crippen molar-refractivity contribution in [1.82, 2.24) is 0 Å². The molecule has 1 saturated carbocycles. The number of rotatable bonds is 3. The largest absolute Gasteiger partial charge is 0.573 e. The van der Waals surface area contributed by atoms with Crippen molar-refractivity contribution < 1.29 is 22.6 Å². The summed E-state index contributed by atoms with van der Waals surface area (Å²) in [5.74, 6) is -0.422. The van der Waals surface area contributed by atoms with Crippen LogP contribution < -0.4 is 9.47 Å². The van der Waals surface area contributed by atoms with Crippen molar-refractivity contribution in [2.75, 3.05) is 7.11 Å². The van der Waals surface area contributed by atoms with E-state index >= 15 is 0 Å². The molecule has 1 aromatic rings. The summed E-state index contributed by atoms with van der Waals surface area (Å²) in [5.41, 5.74) is -0.124. The lowest BCUT2D eigenvalue weighted by Crippen LogP contribution is -2.18. The molecule has 0 unspecified atom stereocenters. The molecule has 0 heterocycles. The molecule has 0 aromatic heterocycles. The first-order valence-corrected chi connectivity index (χ1v) is 5.26. The minimum atomic E-state index is -4.78. The second-order valence-corrected chi connectivity index (χ2v) is 4.11. The van der Waals surface area contributed by atoms with E-state index in [-0.39, 0.29) is 5.75 Å². The van der Waals surface area contributed by atoms with E-state index in [1.807, 2.05) is 0 Å². The Morgan fingerprint density at radius 2 is 1.94 bits per heavy atom. The molecule has 18 heavy (non-hydrogen) atoms. The maximum atomic E-state index is 12.2. The SMILES string of the molecule is COc1ccc(C2(C#N)CC2)cc1OC(F)(F)F. The van der Waals surface area contributed by atoms with Crippen LogP contribution in [0.15, 0.2) is 18.2 Å². The lowest BCUT2D eigenvalue weighted by Gasteiger charge is -2.15. The van der Waals surface area contributed by atoms with Gasteiger partial charge in [0.2, 0.25) is 0 Å². The number of alkyl halides is 3. The van der Waals surface area contributed by atoms with Crippen LogP contribution in [0.25, 0.3) is 0 Å². The van der Waals surface area contributed by atoms with Crippen molar-refractivity contribution in [1.29, 1.82) is 5.26 Å². The third kappa shape index (κ3) is 2.35. The van der Waals surface area contributed by atoms with E-state index in [1.54, 1.807) is 6.07 Å². The van der Waals surface area contributed by atoms with Crippen LogP contribution in [0.4, 0.5) is 13.2 Å². The Labute approximate surface area is 102 Å². The lowest BCUT2D eigenvalue weighted by molar-refractivity contribution is -0.275. The molecule has 1 aliphatic carbocycles. The molecule has 0 atom stereocenters. The molecular formula is C12H10F3NO2. The number of ether oxygens (including phenoxy) is 2. The van der Waals surface area contributed by atoms with Gasteiger partial charge in [-0.15, -0.1) is 13.2 Å². The van der Waals surface area contributed by atoms with Gasteiger partial charge in [0.25, 0.3) is 0 Å². The molecule has 0 aliphatic heterocycles. The first-order chi connectivity index (χ1) is 8.40. The monoisotopic (exact) mass is 257 g/mol. The molecule has 6 heteroatoms. The fraction of sp³-hybridized carbons (Fsp3) is 0.417. The van der Waals surface area contributed by atoms with Gasteiger partial charge in [-0.25, -0.2) is 0 Å². The molecule has 1 aliphatic rings. The van der Waals surface area contributed by atoms with Crippen LogP contribution in [0, 0.1) is 11.3 Å². The molecule has 0 radical (unpaired) electrons. The minimum absolute atomic E-state index is 0.00943.